The fourth-order valence-corrected chi connectivity index (χ4v) is 3.08. The Labute approximate surface area is 124 Å². The molecule has 0 aromatic heterocycles. The normalized spacial score (nSPS) is 11.2. The Balaban J connectivity index is 2.55. The van der Waals surface area contributed by atoms with Crippen LogP contribution in [0.1, 0.15) is 61.8 Å². The minimum atomic E-state index is 1.21. The van der Waals surface area contributed by atoms with Crippen LogP contribution in [-0.2, 0) is 12.8 Å². The largest absolute Gasteiger partial charge is 0.0654 e. The van der Waals surface area contributed by atoms with Crippen LogP contribution in [0, 0.1) is 13.8 Å². The number of hydrogen-bond donors (Lipinski definition) is 0. The van der Waals surface area contributed by atoms with Crippen molar-refractivity contribution in [3.8, 4) is 0 Å². The topological polar surface area (TPSA) is 0 Å². The molecular formula is C20H28. The standard InChI is InChI=1S/C20H28/c1-5-7-9-17-11-15(3)14-20-18(10-8-6-2)12-16(4)13-19(17)20/h11-14H,5-10H2,1-4H3. The average Bonchev–Trinajstić information content (AvgIpc) is 2.43. The SMILES string of the molecule is CCCCc1cc(C)cc2c(CCCC)cc(C)cc12. The van der Waals surface area contributed by atoms with E-state index in [2.05, 4.69) is 52.0 Å². The van der Waals surface area contributed by atoms with Crippen LogP contribution in [-0.4, -0.2) is 0 Å². The van der Waals surface area contributed by atoms with E-state index in [-0.39, 0.29) is 0 Å². The average molecular weight is 268 g/mol. The van der Waals surface area contributed by atoms with Crippen LogP contribution < -0.4 is 0 Å². The lowest BCUT2D eigenvalue weighted by Gasteiger charge is -2.13. The highest BCUT2D eigenvalue weighted by Gasteiger charge is 2.08. The first-order chi connectivity index (χ1) is 9.65. The van der Waals surface area contributed by atoms with Crippen molar-refractivity contribution in [3.63, 3.8) is 0 Å². The van der Waals surface area contributed by atoms with Crippen molar-refractivity contribution in [2.45, 2.75) is 66.2 Å². The number of rotatable bonds is 6. The van der Waals surface area contributed by atoms with Gasteiger partial charge in [0.2, 0.25) is 0 Å². The Morgan fingerprint density at radius 2 is 1.05 bits per heavy atom. The van der Waals surface area contributed by atoms with Crippen molar-refractivity contribution in [3.05, 3.63) is 46.5 Å². The number of unbranched alkanes of at least 4 members (excludes halogenated alkanes) is 2. The molecule has 2 rings (SSSR count). The van der Waals surface area contributed by atoms with Gasteiger partial charge in [-0.3, -0.25) is 0 Å². The van der Waals surface area contributed by atoms with Crippen LogP contribution in [0.25, 0.3) is 10.8 Å². The van der Waals surface area contributed by atoms with E-state index in [1.54, 1.807) is 11.1 Å². The molecule has 0 heterocycles. The number of aryl methyl sites for hydroxylation is 4. The van der Waals surface area contributed by atoms with E-state index in [1.807, 2.05) is 0 Å². The molecule has 108 valence electrons. The molecule has 0 saturated carbocycles. The molecule has 0 fully saturated rings. The zero-order chi connectivity index (χ0) is 14.5. The molecule has 2 aromatic carbocycles. The predicted octanol–water partition coefficient (Wildman–Crippen LogP) is 6.14. The lowest BCUT2D eigenvalue weighted by atomic mass is 9.91. The van der Waals surface area contributed by atoms with E-state index in [0.29, 0.717) is 0 Å². The first kappa shape index (κ1) is 15.1. The quantitative estimate of drug-likeness (QED) is 0.590. The Kier molecular flexibility index (Phi) is 5.23. The Hall–Kier alpha value is -1.30. The molecule has 0 aliphatic carbocycles. The molecule has 0 saturated heterocycles. The van der Waals surface area contributed by atoms with Gasteiger partial charge in [-0.25, -0.2) is 0 Å². The Morgan fingerprint density at radius 1 is 0.650 bits per heavy atom. The summed E-state index contributed by atoms with van der Waals surface area (Å²) >= 11 is 0. The van der Waals surface area contributed by atoms with Gasteiger partial charge in [-0.2, -0.15) is 0 Å². The number of fused-ring (bicyclic) bond motifs is 1. The molecule has 2 aromatic rings. The highest BCUT2D eigenvalue weighted by atomic mass is 14.1. The predicted molar refractivity (Wildman–Crippen MR) is 90.6 cm³/mol. The molecule has 0 heteroatoms. The minimum Gasteiger partial charge on any atom is -0.0654 e. The second kappa shape index (κ2) is 6.92. The van der Waals surface area contributed by atoms with Crippen molar-refractivity contribution >= 4 is 10.8 Å². The van der Waals surface area contributed by atoms with Crippen LogP contribution in [0.15, 0.2) is 24.3 Å². The van der Waals surface area contributed by atoms with Gasteiger partial charge in [-0.05, 0) is 61.4 Å². The summed E-state index contributed by atoms with van der Waals surface area (Å²) in [6.45, 7) is 9.02. The summed E-state index contributed by atoms with van der Waals surface area (Å²) in [7, 11) is 0. The van der Waals surface area contributed by atoms with Crippen molar-refractivity contribution in [2.24, 2.45) is 0 Å². The Morgan fingerprint density at radius 3 is 1.40 bits per heavy atom. The monoisotopic (exact) mass is 268 g/mol. The lowest BCUT2D eigenvalue weighted by Crippen LogP contribution is -1.95. The lowest BCUT2D eigenvalue weighted by molar-refractivity contribution is 0.795. The van der Waals surface area contributed by atoms with E-state index in [0.717, 1.165) is 0 Å². The summed E-state index contributed by atoms with van der Waals surface area (Å²) < 4.78 is 0. The maximum atomic E-state index is 2.39. The zero-order valence-corrected chi connectivity index (χ0v) is 13.6. The van der Waals surface area contributed by atoms with Gasteiger partial charge in [-0.1, -0.05) is 62.1 Å². The summed E-state index contributed by atoms with van der Waals surface area (Å²) in [4.78, 5) is 0. The highest BCUT2D eigenvalue weighted by Crippen LogP contribution is 2.28. The smallest absolute Gasteiger partial charge is 0.0146 e. The van der Waals surface area contributed by atoms with Gasteiger partial charge in [0.15, 0.2) is 0 Å². The first-order valence-corrected chi connectivity index (χ1v) is 8.18. The van der Waals surface area contributed by atoms with Gasteiger partial charge in [0.05, 0.1) is 0 Å². The highest BCUT2D eigenvalue weighted by molar-refractivity contribution is 5.90. The van der Waals surface area contributed by atoms with Crippen LogP contribution in [0.3, 0.4) is 0 Å². The van der Waals surface area contributed by atoms with Gasteiger partial charge < -0.3 is 0 Å². The second-order valence-electron chi connectivity index (χ2n) is 6.15. The van der Waals surface area contributed by atoms with Gasteiger partial charge in [0.25, 0.3) is 0 Å². The maximum absolute atomic E-state index is 2.39. The zero-order valence-electron chi connectivity index (χ0n) is 13.6. The molecule has 0 aliphatic heterocycles. The van der Waals surface area contributed by atoms with Gasteiger partial charge in [-0.15, -0.1) is 0 Å². The summed E-state index contributed by atoms with van der Waals surface area (Å²) in [6, 6.07) is 9.55. The number of hydrogen-bond acceptors (Lipinski definition) is 0. The third-order valence-electron chi connectivity index (χ3n) is 4.13. The molecule has 0 nitrogen and oxygen atoms in total. The van der Waals surface area contributed by atoms with Gasteiger partial charge in [0.1, 0.15) is 0 Å². The van der Waals surface area contributed by atoms with Gasteiger partial charge >= 0.3 is 0 Å². The van der Waals surface area contributed by atoms with Crippen LogP contribution in [0.4, 0.5) is 0 Å². The van der Waals surface area contributed by atoms with E-state index in [9.17, 15) is 0 Å². The summed E-state index contributed by atoms with van der Waals surface area (Å²) in [6.07, 6.45) is 7.54. The summed E-state index contributed by atoms with van der Waals surface area (Å²) in [5, 5.41) is 2.99. The fourth-order valence-electron chi connectivity index (χ4n) is 3.08. The van der Waals surface area contributed by atoms with E-state index < -0.39 is 0 Å². The molecule has 0 N–H and O–H groups in total. The maximum Gasteiger partial charge on any atom is -0.0146 e. The fraction of sp³-hybridized carbons (Fsp3) is 0.500. The van der Waals surface area contributed by atoms with E-state index in [1.165, 1.54) is 60.4 Å². The van der Waals surface area contributed by atoms with Crippen LogP contribution in [0.5, 0.6) is 0 Å². The molecule has 0 atom stereocenters. The van der Waals surface area contributed by atoms with Crippen molar-refractivity contribution < 1.29 is 0 Å². The molecule has 0 unspecified atom stereocenters. The molecule has 20 heavy (non-hydrogen) atoms. The van der Waals surface area contributed by atoms with Crippen LogP contribution in [0.2, 0.25) is 0 Å². The minimum absolute atomic E-state index is 1.21. The first-order valence-electron chi connectivity index (χ1n) is 8.18. The Bertz CT molecular complexity index is 525. The van der Waals surface area contributed by atoms with Gasteiger partial charge in [0, 0.05) is 0 Å². The van der Waals surface area contributed by atoms with Crippen molar-refractivity contribution in [1.29, 1.82) is 0 Å². The molecule has 0 radical (unpaired) electrons. The molecule has 0 amide bonds. The second-order valence-corrected chi connectivity index (χ2v) is 6.15. The molecule has 0 bridgehead atoms. The van der Waals surface area contributed by atoms with E-state index >= 15 is 0 Å². The van der Waals surface area contributed by atoms with Crippen molar-refractivity contribution in [2.75, 3.05) is 0 Å². The van der Waals surface area contributed by atoms with E-state index in [4.69, 9.17) is 0 Å². The van der Waals surface area contributed by atoms with Crippen LogP contribution >= 0.6 is 0 Å². The third kappa shape index (κ3) is 3.42. The summed E-state index contributed by atoms with van der Waals surface area (Å²) in [5.74, 6) is 0. The van der Waals surface area contributed by atoms with Crippen molar-refractivity contribution in [1.82, 2.24) is 0 Å². The summed E-state index contributed by atoms with van der Waals surface area (Å²) in [5.41, 5.74) is 5.90. The molecule has 0 spiro atoms. The molecule has 0 aliphatic rings. The molecular weight excluding hydrogens is 240 g/mol. The number of benzene rings is 2. The third-order valence-corrected chi connectivity index (χ3v) is 4.13.